The average Bonchev–Trinajstić information content (AvgIpc) is 2.73. The summed E-state index contributed by atoms with van der Waals surface area (Å²) in [7, 11) is 1.90. The molecule has 3 nitrogen and oxygen atoms in total. The van der Waals surface area contributed by atoms with E-state index in [0.717, 1.165) is 30.0 Å². The van der Waals surface area contributed by atoms with Crippen molar-refractivity contribution in [2.45, 2.75) is 26.7 Å². The SMILES string of the molecule is C=C/C=C\C(=C/CC)c1cc(OCCC)n(C)n1. The topological polar surface area (TPSA) is 27.1 Å². The first-order valence-corrected chi connectivity index (χ1v) is 6.39. The van der Waals surface area contributed by atoms with Crippen LogP contribution in [0.2, 0.25) is 0 Å². The van der Waals surface area contributed by atoms with E-state index in [1.807, 2.05) is 25.3 Å². The number of hydrogen-bond acceptors (Lipinski definition) is 2. The molecule has 1 aromatic rings. The van der Waals surface area contributed by atoms with Crippen molar-refractivity contribution in [3.8, 4) is 5.88 Å². The molecule has 0 spiro atoms. The average molecular weight is 246 g/mol. The Morgan fingerprint density at radius 3 is 2.89 bits per heavy atom. The van der Waals surface area contributed by atoms with Crippen molar-refractivity contribution in [2.24, 2.45) is 7.05 Å². The van der Waals surface area contributed by atoms with Crippen LogP contribution in [-0.2, 0) is 7.05 Å². The van der Waals surface area contributed by atoms with Crippen LogP contribution in [0.25, 0.3) is 5.57 Å². The summed E-state index contributed by atoms with van der Waals surface area (Å²) in [4.78, 5) is 0. The zero-order chi connectivity index (χ0) is 13.4. The third kappa shape index (κ3) is 3.91. The maximum Gasteiger partial charge on any atom is 0.212 e. The smallest absolute Gasteiger partial charge is 0.212 e. The molecule has 0 N–H and O–H groups in total. The molecule has 0 amide bonds. The Morgan fingerprint density at radius 2 is 2.28 bits per heavy atom. The molecule has 0 aromatic carbocycles. The Bertz CT molecular complexity index is 441. The minimum absolute atomic E-state index is 0.717. The number of allylic oxidation sites excluding steroid dienone is 5. The van der Waals surface area contributed by atoms with Gasteiger partial charge < -0.3 is 4.74 Å². The second-order valence-electron chi connectivity index (χ2n) is 4.00. The van der Waals surface area contributed by atoms with Crippen molar-refractivity contribution >= 4 is 5.57 Å². The highest BCUT2D eigenvalue weighted by Crippen LogP contribution is 2.21. The van der Waals surface area contributed by atoms with E-state index in [-0.39, 0.29) is 0 Å². The van der Waals surface area contributed by atoms with Crippen molar-refractivity contribution in [2.75, 3.05) is 6.61 Å². The van der Waals surface area contributed by atoms with E-state index in [4.69, 9.17) is 4.74 Å². The van der Waals surface area contributed by atoms with Crippen molar-refractivity contribution in [3.05, 3.63) is 42.6 Å². The van der Waals surface area contributed by atoms with E-state index in [1.54, 1.807) is 10.8 Å². The summed E-state index contributed by atoms with van der Waals surface area (Å²) in [5.41, 5.74) is 2.03. The fourth-order valence-corrected chi connectivity index (χ4v) is 1.58. The van der Waals surface area contributed by atoms with Gasteiger partial charge in [-0.3, -0.25) is 0 Å². The lowest BCUT2D eigenvalue weighted by Gasteiger charge is -2.02. The number of ether oxygens (including phenoxy) is 1. The van der Waals surface area contributed by atoms with Gasteiger partial charge in [0, 0.05) is 13.1 Å². The van der Waals surface area contributed by atoms with Crippen LogP contribution in [0.3, 0.4) is 0 Å². The van der Waals surface area contributed by atoms with E-state index in [2.05, 4.69) is 31.6 Å². The van der Waals surface area contributed by atoms with Crippen LogP contribution < -0.4 is 4.74 Å². The highest BCUT2D eigenvalue weighted by molar-refractivity contribution is 5.72. The summed E-state index contributed by atoms with van der Waals surface area (Å²) in [5, 5.41) is 4.47. The predicted octanol–water partition coefficient (Wildman–Crippen LogP) is 3.74. The standard InChI is InChI=1S/C15H22N2O/c1-5-8-10-13(9-6-2)14-12-15(17(4)16-14)18-11-7-3/h5,8-10,12H,1,6-7,11H2,2-4H3/b10-8-,13-9+. The van der Waals surface area contributed by atoms with Gasteiger partial charge in [-0.15, -0.1) is 0 Å². The van der Waals surface area contributed by atoms with E-state index in [9.17, 15) is 0 Å². The molecule has 0 fully saturated rings. The van der Waals surface area contributed by atoms with Crippen molar-refractivity contribution < 1.29 is 4.74 Å². The molecular formula is C15H22N2O. The van der Waals surface area contributed by atoms with E-state index in [1.165, 1.54) is 0 Å². The van der Waals surface area contributed by atoms with Crippen LogP contribution in [0.5, 0.6) is 5.88 Å². The van der Waals surface area contributed by atoms with Crippen molar-refractivity contribution in [1.82, 2.24) is 9.78 Å². The molecule has 1 rings (SSSR count). The highest BCUT2D eigenvalue weighted by atomic mass is 16.5. The zero-order valence-corrected chi connectivity index (χ0v) is 11.5. The lowest BCUT2D eigenvalue weighted by molar-refractivity contribution is 0.290. The number of nitrogens with zero attached hydrogens (tertiary/aromatic N) is 2. The van der Waals surface area contributed by atoms with Crippen LogP contribution in [0, 0.1) is 0 Å². The molecule has 0 bridgehead atoms. The Hall–Kier alpha value is -1.77. The molecule has 0 aliphatic carbocycles. The molecule has 3 heteroatoms. The molecule has 0 radical (unpaired) electrons. The Morgan fingerprint density at radius 1 is 1.50 bits per heavy atom. The Labute approximate surface area is 109 Å². The Balaban J connectivity index is 2.95. The molecule has 98 valence electrons. The molecule has 0 aliphatic rings. The second kappa shape index (κ2) is 7.54. The van der Waals surface area contributed by atoms with Gasteiger partial charge in [-0.2, -0.15) is 5.10 Å². The normalized spacial score (nSPS) is 12.1. The summed E-state index contributed by atoms with van der Waals surface area (Å²) >= 11 is 0. The van der Waals surface area contributed by atoms with Gasteiger partial charge in [-0.25, -0.2) is 4.68 Å². The van der Waals surface area contributed by atoms with Crippen LogP contribution in [0.15, 0.2) is 36.9 Å². The zero-order valence-electron chi connectivity index (χ0n) is 11.5. The summed E-state index contributed by atoms with van der Waals surface area (Å²) in [6, 6.07) is 1.98. The maximum absolute atomic E-state index is 5.63. The molecule has 0 saturated heterocycles. The highest BCUT2D eigenvalue weighted by Gasteiger charge is 2.08. The number of aromatic nitrogens is 2. The first kappa shape index (κ1) is 14.3. The van der Waals surface area contributed by atoms with E-state index >= 15 is 0 Å². The largest absolute Gasteiger partial charge is 0.478 e. The van der Waals surface area contributed by atoms with Crippen LogP contribution >= 0.6 is 0 Å². The fourth-order valence-electron chi connectivity index (χ4n) is 1.58. The molecule has 1 aromatic heterocycles. The van der Waals surface area contributed by atoms with Crippen molar-refractivity contribution in [1.29, 1.82) is 0 Å². The first-order chi connectivity index (χ1) is 8.72. The van der Waals surface area contributed by atoms with Gasteiger partial charge >= 0.3 is 0 Å². The van der Waals surface area contributed by atoms with E-state index < -0.39 is 0 Å². The minimum atomic E-state index is 0.717. The van der Waals surface area contributed by atoms with Gasteiger partial charge in [-0.1, -0.05) is 44.7 Å². The lowest BCUT2D eigenvalue weighted by atomic mass is 10.1. The molecule has 18 heavy (non-hydrogen) atoms. The molecule has 0 atom stereocenters. The van der Waals surface area contributed by atoms with Gasteiger partial charge in [0.1, 0.15) is 0 Å². The molecule has 1 heterocycles. The maximum atomic E-state index is 5.63. The molecular weight excluding hydrogens is 224 g/mol. The van der Waals surface area contributed by atoms with Crippen LogP contribution in [0.4, 0.5) is 0 Å². The van der Waals surface area contributed by atoms with Gasteiger partial charge in [0.05, 0.1) is 12.3 Å². The van der Waals surface area contributed by atoms with Gasteiger partial charge in [0.15, 0.2) is 0 Å². The fraction of sp³-hybridized carbons (Fsp3) is 0.400. The quantitative estimate of drug-likeness (QED) is 0.685. The number of rotatable bonds is 7. The number of aryl methyl sites for hydroxylation is 1. The van der Waals surface area contributed by atoms with Gasteiger partial charge in [-0.05, 0) is 18.4 Å². The molecule has 0 aliphatic heterocycles. The van der Waals surface area contributed by atoms with Gasteiger partial charge in [0.25, 0.3) is 0 Å². The third-order valence-corrected chi connectivity index (χ3v) is 2.42. The number of hydrogen-bond donors (Lipinski definition) is 0. The lowest BCUT2D eigenvalue weighted by Crippen LogP contribution is -2.00. The monoisotopic (exact) mass is 246 g/mol. The summed E-state index contributed by atoms with van der Waals surface area (Å²) in [6.45, 7) is 8.60. The first-order valence-electron chi connectivity index (χ1n) is 6.39. The molecule has 0 saturated carbocycles. The van der Waals surface area contributed by atoms with Crippen molar-refractivity contribution in [3.63, 3.8) is 0 Å². The third-order valence-electron chi connectivity index (χ3n) is 2.42. The van der Waals surface area contributed by atoms with Gasteiger partial charge in [0.2, 0.25) is 5.88 Å². The summed E-state index contributed by atoms with van der Waals surface area (Å²) < 4.78 is 7.40. The second-order valence-corrected chi connectivity index (χ2v) is 4.00. The Kier molecular flexibility index (Phi) is 5.98. The molecule has 0 unspecified atom stereocenters. The van der Waals surface area contributed by atoms with Crippen LogP contribution in [0.1, 0.15) is 32.4 Å². The summed E-state index contributed by atoms with van der Waals surface area (Å²) in [5.74, 6) is 0.806. The predicted molar refractivity (Wildman–Crippen MR) is 76.6 cm³/mol. The van der Waals surface area contributed by atoms with E-state index in [0.29, 0.717) is 6.61 Å². The summed E-state index contributed by atoms with van der Waals surface area (Å²) in [6.07, 6.45) is 9.81. The van der Waals surface area contributed by atoms with Crippen LogP contribution in [-0.4, -0.2) is 16.4 Å². The minimum Gasteiger partial charge on any atom is -0.478 e.